The molecule has 5 saturated carbocycles. The molecule has 1 N–H and O–H groups in total. The quantitative estimate of drug-likeness (QED) is 0.229. The molecule has 1 spiro atoms. The summed E-state index contributed by atoms with van der Waals surface area (Å²) in [6.07, 6.45) is 2.04. The van der Waals surface area contributed by atoms with Crippen molar-refractivity contribution in [2.75, 3.05) is 0 Å². The number of aliphatic hydroxyl groups is 1. The Hall–Kier alpha value is -3.00. The van der Waals surface area contributed by atoms with Crippen LogP contribution in [-0.4, -0.2) is 52.2 Å². The minimum Gasteiger partial charge on any atom is -0.458 e. The van der Waals surface area contributed by atoms with E-state index < -0.39 is 58.6 Å². The summed E-state index contributed by atoms with van der Waals surface area (Å²) in [6.45, 7) is 18.0. The maximum absolute atomic E-state index is 14.5. The summed E-state index contributed by atoms with van der Waals surface area (Å²) in [7, 11) is 0. The van der Waals surface area contributed by atoms with Gasteiger partial charge in [-0.2, -0.15) is 0 Å². The molecule has 5 aliphatic carbocycles. The van der Waals surface area contributed by atoms with Gasteiger partial charge in [0.05, 0.1) is 5.41 Å². The van der Waals surface area contributed by atoms with Crippen molar-refractivity contribution in [1.82, 2.24) is 0 Å². The van der Waals surface area contributed by atoms with E-state index in [1.54, 1.807) is 0 Å². The lowest BCUT2D eigenvalue weighted by molar-refractivity contribution is -0.225. The molecule has 0 aromatic rings. The molecule has 7 aliphatic rings. The second-order valence-electron chi connectivity index (χ2n) is 13.3. The van der Waals surface area contributed by atoms with Crippen LogP contribution in [0, 0.1) is 40.9 Å². The predicted octanol–water partition coefficient (Wildman–Crippen LogP) is 3.54. The molecule has 7 fully saturated rings. The molecular weight excluding hydrogens is 512 g/mol. The number of rotatable bonds is 1. The van der Waals surface area contributed by atoms with Crippen molar-refractivity contribution >= 4 is 23.7 Å². The van der Waals surface area contributed by atoms with Crippen molar-refractivity contribution in [2.45, 2.75) is 81.7 Å². The molecule has 0 aromatic carbocycles. The number of hydrogen-bond donors (Lipinski definition) is 1. The van der Waals surface area contributed by atoms with E-state index in [9.17, 15) is 24.3 Å². The van der Waals surface area contributed by atoms with E-state index >= 15 is 0 Å². The van der Waals surface area contributed by atoms with E-state index in [1.165, 1.54) is 6.92 Å². The zero-order valence-corrected chi connectivity index (χ0v) is 22.9. The van der Waals surface area contributed by atoms with Crippen LogP contribution in [0.15, 0.2) is 48.6 Å². The molecule has 212 valence electrons. The smallest absolute Gasteiger partial charge is 0.334 e. The first kappa shape index (κ1) is 25.9. The normalized spacial score (nSPS) is 49.1. The number of fused-ring (bicyclic) bond motifs is 10. The van der Waals surface area contributed by atoms with Crippen LogP contribution in [0.25, 0.3) is 0 Å². The lowest BCUT2D eigenvalue weighted by Crippen LogP contribution is -2.65. The fourth-order valence-corrected chi connectivity index (χ4v) is 10.5. The van der Waals surface area contributed by atoms with Gasteiger partial charge in [-0.1, -0.05) is 37.5 Å². The van der Waals surface area contributed by atoms with Gasteiger partial charge in [0.1, 0.15) is 23.6 Å². The summed E-state index contributed by atoms with van der Waals surface area (Å²) in [6, 6.07) is 0. The summed E-state index contributed by atoms with van der Waals surface area (Å²) in [5, 5.41) is 13.0. The Bertz CT molecular complexity index is 1340. The summed E-state index contributed by atoms with van der Waals surface area (Å²) in [5.41, 5.74) is -2.00. The van der Waals surface area contributed by atoms with Gasteiger partial charge >= 0.3 is 17.9 Å². The number of Topliss-reactive ketones (excluding diaryl/α,β-unsaturated/α-hetero) is 1. The van der Waals surface area contributed by atoms with E-state index in [1.807, 2.05) is 0 Å². The fourth-order valence-electron chi connectivity index (χ4n) is 10.5. The molecule has 0 amide bonds. The van der Waals surface area contributed by atoms with Crippen LogP contribution < -0.4 is 0 Å². The molecule has 7 rings (SSSR count). The number of hydrogen-bond acceptors (Lipinski definition) is 8. The summed E-state index contributed by atoms with van der Waals surface area (Å²) >= 11 is 0. The minimum absolute atomic E-state index is 0.0958. The Balaban J connectivity index is 1.44. The topological polar surface area (TPSA) is 116 Å². The third kappa shape index (κ3) is 2.81. The van der Waals surface area contributed by atoms with Gasteiger partial charge in [0, 0.05) is 48.2 Å². The highest BCUT2D eigenvalue weighted by atomic mass is 16.6. The summed E-state index contributed by atoms with van der Waals surface area (Å²) in [4.78, 5) is 52.9. The zero-order chi connectivity index (χ0) is 28.5. The second kappa shape index (κ2) is 8.05. The highest BCUT2D eigenvalue weighted by Crippen LogP contribution is 2.75. The van der Waals surface area contributed by atoms with Crippen LogP contribution >= 0.6 is 0 Å². The van der Waals surface area contributed by atoms with Crippen LogP contribution in [0.3, 0.4) is 0 Å². The standard InChI is InChI=1S/C32H36O8/c1-14-6-8-19-16(3)28(35)38-26(19)24-21(14)12-23(34)30(24)10-11-31(37)25-22(13-32(30,31)40-18(5)33)15(2)7-9-20-17(4)29(36)39-27(20)25/h19-22,24-27,37H,1-4,6-13H2,5H3/t19-,20-,21-,22-,24?,25-,26-,27-,30+,31-,32-/m0/s1. The zero-order valence-electron chi connectivity index (χ0n) is 22.9. The van der Waals surface area contributed by atoms with Crippen molar-refractivity contribution in [1.29, 1.82) is 0 Å². The SMILES string of the molecule is C=C1CC[C@H]2C(=C)C(=O)O[C@@H]2C2[C@H]1CC(=O)[C@]21CC[C@]2(O)[C@@H]3[C@H]4OC(=O)C(=C)[C@@H]4CCC(=C)[C@@H]3C[C@]12OC(C)=O. The monoisotopic (exact) mass is 548 g/mol. The maximum atomic E-state index is 14.5. The molecule has 1 unspecified atom stereocenters. The minimum atomic E-state index is -1.67. The Labute approximate surface area is 233 Å². The van der Waals surface area contributed by atoms with Crippen LogP contribution in [0.1, 0.15) is 58.3 Å². The fraction of sp³-hybridized carbons (Fsp3) is 0.625. The van der Waals surface area contributed by atoms with E-state index in [2.05, 4.69) is 26.3 Å². The summed E-state index contributed by atoms with van der Waals surface area (Å²) < 4.78 is 18.2. The molecule has 2 saturated heterocycles. The average Bonchev–Trinajstić information content (AvgIpc) is 3.53. The molecular formula is C32H36O8. The van der Waals surface area contributed by atoms with E-state index in [0.717, 1.165) is 11.1 Å². The number of ether oxygens (including phenoxy) is 3. The first-order valence-corrected chi connectivity index (χ1v) is 14.5. The van der Waals surface area contributed by atoms with Gasteiger partial charge in [0.15, 0.2) is 5.60 Å². The Morgan fingerprint density at radius 1 is 0.850 bits per heavy atom. The van der Waals surface area contributed by atoms with E-state index in [0.29, 0.717) is 36.8 Å². The van der Waals surface area contributed by atoms with Gasteiger partial charge in [-0.25, -0.2) is 9.59 Å². The molecule has 40 heavy (non-hydrogen) atoms. The van der Waals surface area contributed by atoms with E-state index in [-0.39, 0.29) is 55.1 Å². The molecule has 0 aromatic heterocycles. The number of esters is 3. The molecule has 2 heterocycles. The van der Waals surface area contributed by atoms with Crippen molar-refractivity contribution in [3.8, 4) is 0 Å². The van der Waals surface area contributed by atoms with Crippen molar-refractivity contribution in [2.24, 2.45) is 40.9 Å². The van der Waals surface area contributed by atoms with Crippen LogP contribution in [0.2, 0.25) is 0 Å². The lowest BCUT2D eigenvalue weighted by atomic mass is 9.59. The van der Waals surface area contributed by atoms with Crippen LogP contribution in [-0.2, 0) is 33.4 Å². The van der Waals surface area contributed by atoms with Gasteiger partial charge in [0.25, 0.3) is 0 Å². The number of carbonyl (C=O) groups is 4. The first-order valence-electron chi connectivity index (χ1n) is 14.5. The second-order valence-corrected chi connectivity index (χ2v) is 13.3. The van der Waals surface area contributed by atoms with Gasteiger partial charge in [-0.15, -0.1) is 0 Å². The molecule has 8 nitrogen and oxygen atoms in total. The Morgan fingerprint density at radius 3 is 1.98 bits per heavy atom. The molecule has 0 bridgehead atoms. The maximum Gasteiger partial charge on any atom is 0.334 e. The molecule has 0 radical (unpaired) electrons. The van der Waals surface area contributed by atoms with Crippen molar-refractivity contribution < 1.29 is 38.5 Å². The largest absolute Gasteiger partial charge is 0.458 e. The summed E-state index contributed by atoms with van der Waals surface area (Å²) in [5.74, 6) is -3.96. The third-order valence-corrected chi connectivity index (χ3v) is 12.0. The highest BCUT2D eigenvalue weighted by molar-refractivity contribution is 5.94. The van der Waals surface area contributed by atoms with E-state index in [4.69, 9.17) is 14.2 Å². The van der Waals surface area contributed by atoms with Gasteiger partial charge in [-0.05, 0) is 56.8 Å². The molecule has 2 aliphatic heterocycles. The van der Waals surface area contributed by atoms with Gasteiger partial charge < -0.3 is 19.3 Å². The first-order chi connectivity index (χ1) is 18.9. The molecule has 8 heteroatoms. The lowest BCUT2D eigenvalue weighted by Gasteiger charge is -2.50. The number of ketones is 1. The average molecular weight is 549 g/mol. The van der Waals surface area contributed by atoms with Crippen molar-refractivity contribution in [3.63, 3.8) is 0 Å². The third-order valence-electron chi connectivity index (χ3n) is 12.0. The Kier molecular flexibility index (Phi) is 5.22. The van der Waals surface area contributed by atoms with Crippen LogP contribution in [0.4, 0.5) is 0 Å². The number of allylic oxidation sites excluding steroid dienone is 2. The number of carbonyl (C=O) groups excluding carboxylic acids is 4. The molecule has 11 atom stereocenters. The van der Waals surface area contributed by atoms with Crippen molar-refractivity contribution in [3.05, 3.63) is 48.6 Å². The van der Waals surface area contributed by atoms with Crippen LogP contribution in [0.5, 0.6) is 0 Å². The Morgan fingerprint density at radius 2 is 1.40 bits per heavy atom. The highest BCUT2D eigenvalue weighted by Gasteiger charge is 2.85. The van der Waals surface area contributed by atoms with Gasteiger partial charge in [0.2, 0.25) is 0 Å². The van der Waals surface area contributed by atoms with Gasteiger partial charge in [-0.3, -0.25) is 9.59 Å². The predicted molar refractivity (Wildman–Crippen MR) is 141 cm³/mol.